The van der Waals surface area contributed by atoms with Gasteiger partial charge in [-0.25, -0.2) is 4.79 Å². The number of aryl methyl sites for hydroxylation is 2. The fraction of sp³-hybridized carbons (Fsp3) is 0.459. The number of pyridine rings is 1. The molecule has 4 amide bonds. The number of hydrogen-bond acceptors (Lipinski definition) is 8. The first-order chi connectivity index (χ1) is 23.6. The summed E-state index contributed by atoms with van der Waals surface area (Å²) in [4.78, 5) is 73.7. The SMILES string of the molecule is Cc1cc(C2CCNCC2)oc(=O)c1C(=O)N1CC(=O)NCCCc2cncc(c2)C(=O)N[C@H](C(C)C)C(=O)N[C@H](Cc2ccccc2)C1. The number of hydrogen-bond donors (Lipinski definition) is 4. The van der Waals surface area contributed by atoms with Crippen LogP contribution in [0.3, 0.4) is 0 Å². The predicted octanol–water partition coefficient (Wildman–Crippen LogP) is 2.50. The maximum absolute atomic E-state index is 14.3. The van der Waals surface area contributed by atoms with Gasteiger partial charge in [-0.15, -0.1) is 0 Å². The molecule has 3 aromatic rings. The van der Waals surface area contributed by atoms with Crippen LogP contribution in [-0.2, 0) is 22.4 Å². The van der Waals surface area contributed by atoms with Gasteiger partial charge in [0.25, 0.3) is 11.8 Å². The molecule has 1 aromatic carbocycles. The van der Waals surface area contributed by atoms with Gasteiger partial charge in [-0.1, -0.05) is 44.2 Å². The van der Waals surface area contributed by atoms with Crippen LogP contribution < -0.4 is 26.9 Å². The smallest absolute Gasteiger partial charge is 0.349 e. The van der Waals surface area contributed by atoms with Gasteiger partial charge in [-0.2, -0.15) is 0 Å². The minimum absolute atomic E-state index is 0.0763. The molecule has 0 unspecified atom stereocenters. The first-order valence-corrected chi connectivity index (χ1v) is 17.1. The minimum atomic E-state index is -0.894. The molecule has 1 fully saturated rings. The third kappa shape index (κ3) is 9.41. The van der Waals surface area contributed by atoms with E-state index in [1.54, 1.807) is 25.3 Å². The van der Waals surface area contributed by atoms with E-state index in [4.69, 9.17) is 4.42 Å². The lowest BCUT2D eigenvalue weighted by molar-refractivity contribution is -0.124. The third-order valence-electron chi connectivity index (χ3n) is 9.11. The minimum Gasteiger partial charge on any atom is -0.427 e. The normalized spacial score (nSPS) is 20.2. The molecule has 0 radical (unpaired) electrons. The van der Waals surface area contributed by atoms with Gasteiger partial charge in [0.05, 0.1) is 18.2 Å². The zero-order valence-corrected chi connectivity index (χ0v) is 28.4. The van der Waals surface area contributed by atoms with E-state index in [9.17, 15) is 24.0 Å². The summed E-state index contributed by atoms with van der Waals surface area (Å²) in [5.41, 5.74) is 1.63. The van der Waals surface area contributed by atoms with Crippen molar-refractivity contribution in [2.75, 3.05) is 32.7 Å². The Bertz CT molecular complexity index is 1700. The van der Waals surface area contributed by atoms with Gasteiger partial charge in [-0.05, 0) is 86.9 Å². The maximum atomic E-state index is 14.3. The Labute approximate surface area is 286 Å². The number of piperidine rings is 1. The lowest BCUT2D eigenvalue weighted by atomic mass is 9.94. The molecular formula is C37H46N6O6. The van der Waals surface area contributed by atoms with Crippen molar-refractivity contribution in [3.05, 3.63) is 98.9 Å². The summed E-state index contributed by atoms with van der Waals surface area (Å²) in [6.07, 6.45) is 6.21. The van der Waals surface area contributed by atoms with Crippen LogP contribution >= 0.6 is 0 Å². The summed E-state index contributed by atoms with van der Waals surface area (Å²) >= 11 is 0. The summed E-state index contributed by atoms with van der Waals surface area (Å²) in [6.45, 7) is 6.92. The Balaban J connectivity index is 1.49. The molecule has 2 aliphatic rings. The Kier molecular flexibility index (Phi) is 12.0. The molecule has 4 heterocycles. The van der Waals surface area contributed by atoms with Crippen LogP contribution in [0.5, 0.6) is 0 Å². The molecule has 2 aromatic heterocycles. The Morgan fingerprint density at radius 2 is 1.76 bits per heavy atom. The molecule has 12 heteroatoms. The Morgan fingerprint density at radius 3 is 2.47 bits per heavy atom. The largest absolute Gasteiger partial charge is 0.427 e. The Morgan fingerprint density at radius 1 is 1.00 bits per heavy atom. The topological polar surface area (TPSA) is 163 Å². The monoisotopic (exact) mass is 670 g/mol. The van der Waals surface area contributed by atoms with Gasteiger partial charge in [-0.3, -0.25) is 24.2 Å². The second-order valence-corrected chi connectivity index (χ2v) is 13.3. The number of nitrogens with zero attached hydrogens (tertiary/aromatic N) is 2. The number of rotatable bonds is 5. The van der Waals surface area contributed by atoms with Crippen LogP contribution in [0.1, 0.15) is 82.2 Å². The summed E-state index contributed by atoms with van der Waals surface area (Å²) in [6, 6.07) is 11.4. The van der Waals surface area contributed by atoms with E-state index in [2.05, 4.69) is 26.3 Å². The van der Waals surface area contributed by atoms with Crippen molar-refractivity contribution in [3.63, 3.8) is 0 Å². The van der Waals surface area contributed by atoms with Crippen molar-refractivity contribution in [1.82, 2.24) is 31.2 Å². The highest BCUT2D eigenvalue weighted by Crippen LogP contribution is 2.26. The van der Waals surface area contributed by atoms with Crippen molar-refractivity contribution in [1.29, 1.82) is 0 Å². The summed E-state index contributed by atoms with van der Waals surface area (Å²) < 4.78 is 5.74. The van der Waals surface area contributed by atoms with Crippen LogP contribution in [0.15, 0.2) is 64.1 Å². The fourth-order valence-corrected chi connectivity index (χ4v) is 6.45. The van der Waals surface area contributed by atoms with E-state index >= 15 is 0 Å². The third-order valence-corrected chi connectivity index (χ3v) is 9.11. The first-order valence-electron chi connectivity index (χ1n) is 17.1. The van der Waals surface area contributed by atoms with Crippen molar-refractivity contribution >= 4 is 23.6 Å². The van der Waals surface area contributed by atoms with E-state index in [1.807, 2.05) is 44.2 Å². The van der Waals surface area contributed by atoms with E-state index in [1.165, 1.54) is 11.1 Å². The van der Waals surface area contributed by atoms with Gasteiger partial charge in [0.2, 0.25) is 11.8 Å². The summed E-state index contributed by atoms with van der Waals surface area (Å²) in [7, 11) is 0. The van der Waals surface area contributed by atoms with Crippen LogP contribution in [0.2, 0.25) is 0 Å². The van der Waals surface area contributed by atoms with E-state index in [0.717, 1.165) is 37.1 Å². The standard InChI is InChI=1S/C37H46N6O6/c1-23(2)33-35(46)41-29(18-25-8-5-4-6-9-25)21-43(22-31(44)40-13-7-10-26-17-28(20-39-19-26)34(45)42-33)36(47)32-24(3)16-30(49-37(32)48)27-11-14-38-15-12-27/h4-6,8-9,16-17,19-20,23,27,29,33,38H,7,10-15,18,21-22H2,1-3H3,(H,40,44)(H,41,46)(H,42,45)/t29-,33-/m1/s1. The summed E-state index contributed by atoms with van der Waals surface area (Å²) in [5.74, 6) is -1.55. The molecule has 2 atom stereocenters. The molecular weight excluding hydrogens is 624 g/mol. The van der Waals surface area contributed by atoms with Gasteiger partial charge in [0, 0.05) is 31.4 Å². The number of benzene rings is 1. The van der Waals surface area contributed by atoms with Crippen molar-refractivity contribution < 1.29 is 23.6 Å². The van der Waals surface area contributed by atoms with E-state index in [-0.39, 0.29) is 30.5 Å². The van der Waals surface area contributed by atoms with Crippen molar-refractivity contribution in [2.45, 2.75) is 70.9 Å². The van der Waals surface area contributed by atoms with Crippen LogP contribution in [0, 0.1) is 12.8 Å². The molecule has 0 aliphatic carbocycles. The molecule has 5 rings (SSSR count). The zero-order chi connectivity index (χ0) is 34.9. The molecule has 260 valence electrons. The molecule has 49 heavy (non-hydrogen) atoms. The van der Waals surface area contributed by atoms with Gasteiger partial charge >= 0.3 is 5.63 Å². The molecule has 2 bridgehead atoms. The number of nitrogens with one attached hydrogen (secondary N) is 4. The number of amides is 4. The van der Waals surface area contributed by atoms with Crippen molar-refractivity contribution in [2.24, 2.45) is 5.92 Å². The number of carbonyl (C=O) groups is 4. The zero-order valence-electron chi connectivity index (χ0n) is 28.4. The van der Waals surface area contributed by atoms with Crippen molar-refractivity contribution in [3.8, 4) is 0 Å². The van der Waals surface area contributed by atoms with E-state index in [0.29, 0.717) is 42.7 Å². The van der Waals surface area contributed by atoms with Gasteiger partial charge in [0.1, 0.15) is 17.4 Å². The van der Waals surface area contributed by atoms with Gasteiger partial charge < -0.3 is 30.6 Å². The quantitative estimate of drug-likeness (QED) is 0.322. The molecule has 2 aliphatic heterocycles. The lowest BCUT2D eigenvalue weighted by Gasteiger charge is -2.30. The van der Waals surface area contributed by atoms with Crippen LogP contribution in [0.4, 0.5) is 0 Å². The highest BCUT2D eigenvalue weighted by Gasteiger charge is 2.32. The molecule has 12 nitrogen and oxygen atoms in total. The highest BCUT2D eigenvalue weighted by molar-refractivity contribution is 5.98. The number of aromatic nitrogens is 1. The molecule has 4 N–H and O–H groups in total. The second-order valence-electron chi connectivity index (χ2n) is 13.3. The number of carbonyl (C=O) groups excluding carboxylic acids is 4. The predicted molar refractivity (Wildman–Crippen MR) is 184 cm³/mol. The van der Waals surface area contributed by atoms with Crippen LogP contribution in [0.25, 0.3) is 0 Å². The summed E-state index contributed by atoms with van der Waals surface area (Å²) in [5, 5.41) is 12.1. The van der Waals surface area contributed by atoms with Gasteiger partial charge in [0.15, 0.2) is 0 Å². The fourth-order valence-electron chi connectivity index (χ4n) is 6.45. The number of fused-ring (bicyclic) bond motifs is 2. The highest BCUT2D eigenvalue weighted by atomic mass is 16.4. The molecule has 0 saturated carbocycles. The molecule has 1 saturated heterocycles. The first kappa shape index (κ1) is 35.5. The Hall–Kier alpha value is -4.84. The lowest BCUT2D eigenvalue weighted by Crippen LogP contribution is -2.56. The van der Waals surface area contributed by atoms with Crippen LogP contribution in [-0.4, -0.2) is 78.3 Å². The maximum Gasteiger partial charge on any atom is 0.349 e. The second kappa shape index (κ2) is 16.5. The average Bonchev–Trinajstić information content (AvgIpc) is 3.08. The molecule has 0 spiro atoms. The van der Waals surface area contributed by atoms with E-state index < -0.39 is 41.3 Å². The average molecular weight is 671 g/mol.